The van der Waals surface area contributed by atoms with Crippen LogP contribution in [0.25, 0.3) is 22.0 Å². The second-order valence-electron chi connectivity index (χ2n) is 10.5. The fourth-order valence-corrected chi connectivity index (χ4v) is 7.33. The Kier molecular flexibility index (Phi) is 7.80. The number of benzene rings is 3. The van der Waals surface area contributed by atoms with Crippen molar-refractivity contribution in [1.29, 1.82) is 0 Å². The number of carbonyl (C=O) groups excluding carboxylic acids is 1. The lowest BCUT2D eigenvalue weighted by Gasteiger charge is -2.31. The molecule has 8 heteroatoms. The Morgan fingerprint density at radius 1 is 0.905 bits per heavy atom. The molecule has 0 atom stereocenters. The summed E-state index contributed by atoms with van der Waals surface area (Å²) in [5.41, 5.74) is 4.24. The molecule has 0 radical (unpaired) electrons. The van der Waals surface area contributed by atoms with Gasteiger partial charge in [0, 0.05) is 16.9 Å². The minimum absolute atomic E-state index is 0.0218. The van der Waals surface area contributed by atoms with Gasteiger partial charge in [-0.25, -0.2) is 13.2 Å². The van der Waals surface area contributed by atoms with Crippen molar-refractivity contribution in [3.63, 3.8) is 0 Å². The highest BCUT2D eigenvalue weighted by Gasteiger charge is 2.33. The van der Waals surface area contributed by atoms with Gasteiger partial charge in [0.25, 0.3) is 10.0 Å². The van der Waals surface area contributed by atoms with Gasteiger partial charge in [-0.3, -0.25) is 9.29 Å². The van der Waals surface area contributed by atoms with Gasteiger partial charge in [-0.15, -0.1) is 0 Å². The Bertz CT molecular complexity index is 1790. The van der Waals surface area contributed by atoms with Crippen LogP contribution in [0.5, 0.6) is 0 Å². The van der Waals surface area contributed by atoms with Gasteiger partial charge in [0.15, 0.2) is 0 Å². The van der Waals surface area contributed by atoms with Gasteiger partial charge >= 0.3 is 5.97 Å². The number of para-hydroxylation sites is 1. The van der Waals surface area contributed by atoms with Crippen LogP contribution in [-0.2, 0) is 21.3 Å². The standard InChI is InChI=1S/C34H32N2O5S/c1-40-34(37)26-18-20-28(21-19-26)42(38,39)36(23-27-15-10-22-41-27)33-29-16-8-9-17-30(29)35-32(25-13-6-3-7-14-25)31(33)24-11-4-2-5-12-24/h2,4-5,8-12,15-22,25H,3,6-7,13-14,23H2,1H3. The van der Waals surface area contributed by atoms with E-state index in [1.54, 1.807) is 18.4 Å². The first kappa shape index (κ1) is 27.7. The molecule has 3 aromatic carbocycles. The molecule has 0 spiro atoms. The highest BCUT2D eigenvalue weighted by Crippen LogP contribution is 2.46. The largest absolute Gasteiger partial charge is 0.467 e. The van der Waals surface area contributed by atoms with E-state index in [1.165, 1.54) is 42.1 Å². The van der Waals surface area contributed by atoms with Crippen molar-refractivity contribution >= 4 is 32.6 Å². The minimum Gasteiger partial charge on any atom is -0.467 e. The fourth-order valence-electron chi connectivity index (χ4n) is 5.87. The number of hydrogen-bond acceptors (Lipinski definition) is 6. The summed E-state index contributed by atoms with van der Waals surface area (Å²) < 4.78 is 41.3. The van der Waals surface area contributed by atoms with Crippen molar-refractivity contribution in [3.8, 4) is 11.1 Å². The summed E-state index contributed by atoms with van der Waals surface area (Å²) in [4.78, 5) is 17.3. The number of ether oxygens (including phenoxy) is 1. The van der Waals surface area contributed by atoms with Crippen LogP contribution in [0.4, 0.5) is 5.69 Å². The number of nitrogens with zero attached hydrogens (tertiary/aromatic N) is 2. The Hall–Kier alpha value is -4.43. The zero-order valence-electron chi connectivity index (χ0n) is 23.4. The highest BCUT2D eigenvalue weighted by atomic mass is 32.2. The maximum absolute atomic E-state index is 14.7. The first-order chi connectivity index (χ1) is 20.5. The summed E-state index contributed by atoms with van der Waals surface area (Å²) in [6.07, 6.45) is 6.97. The first-order valence-corrected chi connectivity index (χ1v) is 15.6. The molecule has 7 nitrogen and oxygen atoms in total. The Labute approximate surface area is 245 Å². The van der Waals surface area contributed by atoms with E-state index in [4.69, 9.17) is 14.1 Å². The average molecular weight is 581 g/mol. The molecule has 2 aromatic heterocycles. The van der Waals surface area contributed by atoms with Gasteiger partial charge in [-0.2, -0.15) is 0 Å². The number of sulfonamides is 1. The normalized spacial score (nSPS) is 14.1. The van der Waals surface area contributed by atoms with Gasteiger partial charge in [-0.05, 0) is 60.9 Å². The van der Waals surface area contributed by atoms with Crippen LogP contribution < -0.4 is 4.31 Å². The van der Waals surface area contributed by atoms with Crippen molar-refractivity contribution < 1.29 is 22.4 Å². The Morgan fingerprint density at radius 2 is 1.62 bits per heavy atom. The number of aromatic nitrogens is 1. The Morgan fingerprint density at radius 3 is 2.31 bits per heavy atom. The van der Waals surface area contributed by atoms with E-state index in [9.17, 15) is 13.2 Å². The van der Waals surface area contributed by atoms with E-state index in [0.29, 0.717) is 11.4 Å². The van der Waals surface area contributed by atoms with E-state index in [-0.39, 0.29) is 22.9 Å². The molecule has 5 aromatic rings. The highest BCUT2D eigenvalue weighted by molar-refractivity contribution is 7.92. The summed E-state index contributed by atoms with van der Waals surface area (Å²) in [5.74, 6) is 0.184. The number of fused-ring (bicyclic) bond motifs is 1. The number of anilines is 1. The molecule has 0 aliphatic heterocycles. The summed E-state index contributed by atoms with van der Waals surface area (Å²) in [5, 5.41) is 0.734. The smallest absolute Gasteiger partial charge is 0.337 e. The predicted octanol–water partition coefficient (Wildman–Crippen LogP) is 7.72. The third kappa shape index (κ3) is 5.30. The van der Waals surface area contributed by atoms with Crippen molar-refractivity contribution in [3.05, 3.63) is 114 Å². The summed E-state index contributed by atoms with van der Waals surface area (Å²) in [6, 6.07) is 27.0. The van der Waals surface area contributed by atoms with E-state index in [1.807, 2.05) is 54.6 Å². The van der Waals surface area contributed by atoms with E-state index < -0.39 is 16.0 Å². The van der Waals surface area contributed by atoms with Crippen LogP contribution in [0.15, 0.2) is 107 Å². The molecule has 0 saturated heterocycles. The van der Waals surface area contributed by atoms with Crippen LogP contribution in [0.2, 0.25) is 0 Å². The molecule has 6 rings (SSSR count). The monoisotopic (exact) mass is 580 g/mol. The third-order valence-electron chi connectivity index (χ3n) is 7.94. The lowest BCUT2D eigenvalue weighted by atomic mass is 9.82. The molecule has 1 saturated carbocycles. The van der Waals surface area contributed by atoms with Gasteiger partial charge in [0.2, 0.25) is 0 Å². The van der Waals surface area contributed by atoms with Crippen LogP contribution in [0, 0.1) is 0 Å². The lowest BCUT2D eigenvalue weighted by molar-refractivity contribution is 0.0600. The van der Waals surface area contributed by atoms with Gasteiger partial charge in [0.05, 0.1) is 47.3 Å². The number of rotatable bonds is 8. The van der Waals surface area contributed by atoms with E-state index in [2.05, 4.69) is 0 Å². The number of pyridine rings is 1. The molecule has 1 fully saturated rings. The van der Waals surface area contributed by atoms with E-state index in [0.717, 1.165) is 53.4 Å². The van der Waals surface area contributed by atoms with Gasteiger partial charge < -0.3 is 9.15 Å². The van der Waals surface area contributed by atoms with Crippen molar-refractivity contribution in [2.75, 3.05) is 11.4 Å². The first-order valence-electron chi connectivity index (χ1n) is 14.2. The Balaban J connectivity index is 1.65. The summed E-state index contributed by atoms with van der Waals surface area (Å²) in [6.45, 7) is -0.0218. The molecular weight excluding hydrogens is 548 g/mol. The van der Waals surface area contributed by atoms with Crippen LogP contribution in [0.3, 0.4) is 0 Å². The van der Waals surface area contributed by atoms with Crippen LogP contribution in [0.1, 0.15) is 59.8 Å². The second-order valence-corrected chi connectivity index (χ2v) is 12.4. The molecule has 0 bridgehead atoms. The molecule has 0 unspecified atom stereocenters. The number of methoxy groups -OCH3 is 1. The number of hydrogen-bond donors (Lipinski definition) is 0. The van der Waals surface area contributed by atoms with E-state index >= 15 is 0 Å². The molecule has 42 heavy (non-hydrogen) atoms. The molecule has 0 N–H and O–H groups in total. The van der Waals surface area contributed by atoms with Crippen molar-refractivity contribution in [2.24, 2.45) is 0 Å². The maximum Gasteiger partial charge on any atom is 0.337 e. The number of furan rings is 1. The van der Waals surface area contributed by atoms with Crippen molar-refractivity contribution in [1.82, 2.24) is 4.98 Å². The molecule has 1 aliphatic rings. The quantitative estimate of drug-likeness (QED) is 0.175. The summed E-state index contributed by atoms with van der Waals surface area (Å²) in [7, 11) is -2.86. The fraction of sp³-hybridized carbons (Fsp3) is 0.235. The molecule has 214 valence electrons. The minimum atomic E-state index is -4.16. The van der Waals surface area contributed by atoms with Crippen molar-refractivity contribution in [2.45, 2.75) is 49.5 Å². The molecule has 0 amide bonds. The van der Waals surface area contributed by atoms with Gasteiger partial charge in [-0.1, -0.05) is 67.8 Å². The third-order valence-corrected chi connectivity index (χ3v) is 9.70. The second kappa shape index (κ2) is 11.8. The number of esters is 1. The zero-order valence-corrected chi connectivity index (χ0v) is 24.2. The average Bonchev–Trinajstić information content (AvgIpc) is 3.57. The number of carbonyl (C=O) groups is 1. The maximum atomic E-state index is 14.7. The topological polar surface area (TPSA) is 89.7 Å². The van der Waals surface area contributed by atoms with Crippen LogP contribution in [-0.4, -0.2) is 26.5 Å². The molecular formula is C34H32N2O5S. The molecule has 2 heterocycles. The summed E-state index contributed by atoms with van der Waals surface area (Å²) >= 11 is 0. The predicted molar refractivity (Wildman–Crippen MR) is 163 cm³/mol. The van der Waals surface area contributed by atoms with Crippen LogP contribution >= 0.6 is 0 Å². The lowest BCUT2D eigenvalue weighted by Crippen LogP contribution is -2.32. The SMILES string of the molecule is COC(=O)c1ccc(S(=O)(=O)N(Cc2ccco2)c2c(-c3ccccc3)c(C3CCCCC3)nc3ccccc23)cc1. The van der Waals surface area contributed by atoms with Gasteiger partial charge in [0.1, 0.15) is 5.76 Å². The zero-order chi connectivity index (χ0) is 29.1. The molecule has 1 aliphatic carbocycles.